The standard InChI is InChI=1S/C20H23FO6/c1-11-9-13-5-4-6-14(22)18(25)15(23)7-8-20(3,21)12(2)27-19(26)17(13)16(24)10-11/h4-5,7-10,12,14,18,22,24-25H,6H2,1-3H3/b5-4+,8-7-. The van der Waals surface area contributed by atoms with E-state index in [1.807, 2.05) is 0 Å². The Labute approximate surface area is 156 Å². The lowest BCUT2D eigenvalue weighted by molar-refractivity contribution is -0.127. The van der Waals surface area contributed by atoms with Gasteiger partial charge in [0.1, 0.15) is 23.5 Å². The number of rotatable bonds is 0. The van der Waals surface area contributed by atoms with Gasteiger partial charge in [0.25, 0.3) is 0 Å². The maximum Gasteiger partial charge on any atom is 0.342 e. The SMILES string of the molecule is Cc1cc(O)c2c(c1)/C=C/CC(O)C(O)C(=O)/C=C\C(C)(F)C(C)OC2=O. The summed E-state index contributed by atoms with van der Waals surface area (Å²) in [6.45, 7) is 4.14. The van der Waals surface area contributed by atoms with E-state index in [2.05, 4.69) is 0 Å². The van der Waals surface area contributed by atoms with Gasteiger partial charge >= 0.3 is 5.97 Å². The Kier molecular flexibility index (Phi) is 6.18. The molecule has 1 aliphatic rings. The highest BCUT2D eigenvalue weighted by Gasteiger charge is 2.34. The summed E-state index contributed by atoms with van der Waals surface area (Å²) >= 11 is 0. The van der Waals surface area contributed by atoms with E-state index in [1.54, 1.807) is 13.0 Å². The summed E-state index contributed by atoms with van der Waals surface area (Å²) < 4.78 is 20.0. The van der Waals surface area contributed by atoms with Gasteiger partial charge in [0.05, 0.1) is 6.10 Å². The number of fused-ring (bicyclic) bond motifs is 1. The van der Waals surface area contributed by atoms with E-state index in [-0.39, 0.29) is 17.7 Å². The molecule has 0 radical (unpaired) electrons. The number of halogens is 1. The smallest absolute Gasteiger partial charge is 0.342 e. The Bertz CT molecular complexity index is 796. The summed E-state index contributed by atoms with van der Waals surface area (Å²) in [5.41, 5.74) is -1.36. The van der Waals surface area contributed by atoms with E-state index in [0.717, 1.165) is 19.1 Å². The molecule has 4 unspecified atom stereocenters. The van der Waals surface area contributed by atoms with E-state index in [1.165, 1.54) is 25.1 Å². The summed E-state index contributed by atoms with van der Waals surface area (Å²) in [7, 11) is 0. The molecular weight excluding hydrogens is 355 g/mol. The van der Waals surface area contributed by atoms with Crippen molar-refractivity contribution in [1.82, 2.24) is 0 Å². The van der Waals surface area contributed by atoms with Crippen LogP contribution in [0, 0.1) is 6.92 Å². The number of benzene rings is 1. The van der Waals surface area contributed by atoms with E-state index < -0.39 is 35.7 Å². The second-order valence-corrected chi connectivity index (χ2v) is 6.83. The molecular formula is C20H23FO6. The van der Waals surface area contributed by atoms with Gasteiger partial charge in [-0.1, -0.05) is 18.2 Å². The Morgan fingerprint density at radius 3 is 2.56 bits per heavy atom. The first-order valence-corrected chi connectivity index (χ1v) is 8.52. The molecule has 0 amide bonds. The van der Waals surface area contributed by atoms with Gasteiger partial charge in [-0.3, -0.25) is 4.79 Å². The number of aryl methyl sites for hydroxylation is 1. The van der Waals surface area contributed by atoms with Crippen molar-refractivity contribution in [3.05, 3.63) is 47.1 Å². The predicted molar refractivity (Wildman–Crippen MR) is 97.0 cm³/mol. The second kappa shape index (κ2) is 8.02. The van der Waals surface area contributed by atoms with Crippen molar-refractivity contribution in [2.45, 2.75) is 51.2 Å². The predicted octanol–water partition coefficient (Wildman–Crippen LogP) is 2.24. The summed E-state index contributed by atoms with van der Waals surface area (Å²) in [4.78, 5) is 24.4. The molecule has 1 aliphatic heterocycles. The van der Waals surface area contributed by atoms with Gasteiger partial charge in [-0.15, -0.1) is 0 Å². The first kappa shape index (κ1) is 20.8. The molecule has 0 aliphatic carbocycles. The highest BCUT2D eigenvalue weighted by Crippen LogP contribution is 2.29. The maximum absolute atomic E-state index is 14.8. The first-order valence-electron chi connectivity index (χ1n) is 8.52. The molecule has 1 aromatic carbocycles. The number of hydrogen-bond donors (Lipinski definition) is 3. The third-order valence-corrected chi connectivity index (χ3v) is 4.48. The molecule has 0 spiro atoms. The highest BCUT2D eigenvalue weighted by molar-refractivity contribution is 5.97. The van der Waals surface area contributed by atoms with E-state index in [4.69, 9.17) is 4.74 Å². The minimum absolute atomic E-state index is 0.0900. The van der Waals surface area contributed by atoms with Crippen LogP contribution in [0.5, 0.6) is 5.75 Å². The zero-order chi connectivity index (χ0) is 20.4. The lowest BCUT2D eigenvalue weighted by Gasteiger charge is -2.25. The zero-order valence-corrected chi connectivity index (χ0v) is 15.3. The van der Waals surface area contributed by atoms with Crippen LogP contribution >= 0.6 is 0 Å². The Morgan fingerprint density at radius 2 is 1.89 bits per heavy atom. The van der Waals surface area contributed by atoms with Gasteiger partial charge in [0, 0.05) is 0 Å². The number of aromatic hydroxyl groups is 1. The number of carbonyl (C=O) groups excluding carboxylic acids is 2. The summed E-state index contributed by atoms with van der Waals surface area (Å²) in [5, 5.41) is 30.0. The summed E-state index contributed by atoms with van der Waals surface area (Å²) in [6, 6.07) is 3.00. The number of cyclic esters (lactones) is 1. The monoisotopic (exact) mass is 378 g/mol. The molecule has 1 aromatic rings. The van der Waals surface area contributed by atoms with Crippen molar-refractivity contribution >= 4 is 17.8 Å². The Hall–Kier alpha value is -2.51. The van der Waals surface area contributed by atoms with Gasteiger partial charge in [-0.25, -0.2) is 9.18 Å². The number of esters is 1. The normalized spacial score (nSPS) is 32.1. The number of phenols is 1. The van der Waals surface area contributed by atoms with Crippen molar-refractivity contribution in [3.8, 4) is 5.75 Å². The third-order valence-electron chi connectivity index (χ3n) is 4.48. The van der Waals surface area contributed by atoms with Crippen LogP contribution in [-0.2, 0) is 9.53 Å². The molecule has 3 N–H and O–H groups in total. The number of hydrogen-bond acceptors (Lipinski definition) is 6. The van der Waals surface area contributed by atoms with Crippen LogP contribution in [0.1, 0.15) is 41.8 Å². The summed E-state index contributed by atoms with van der Waals surface area (Å²) in [5.74, 6) is -2.09. The average Bonchev–Trinajstić information content (AvgIpc) is 2.57. The van der Waals surface area contributed by atoms with E-state index in [9.17, 15) is 29.3 Å². The largest absolute Gasteiger partial charge is 0.507 e. The number of ether oxygens (including phenoxy) is 1. The molecule has 4 atom stereocenters. The van der Waals surface area contributed by atoms with Gasteiger partial charge < -0.3 is 20.1 Å². The van der Waals surface area contributed by atoms with Crippen LogP contribution in [0.15, 0.2) is 30.4 Å². The number of alkyl halides is 1. The number of aliphatic hydroxyl groups excluding tert-OH is 2. The zero-order valence-electron chi connectivity index (χ0n) is 15.3. The van der Waals surface area contributed by atoms with Crippen LogP contribution in [-0.4, -0.2) is 51.1 Å². The molecule has 6 nitrogen and oxygen atoms in total. The maximum atomic E-state index is 14.8. The highest BCUT2D eigenvalue weighted by atomic mass is 19.1. The van der Waals surface area contributed by atoms with E-state index >= 15 is 0 Å². The molecule has 0 fully saturated rings. The quantitative estimate of drug-likeness (QED) is 0.598. The number of aliphatic hydroxyl groups is 2. The Balaban J connectivity index is 2.54. The molecule has 0 aromatic heterocycles. The van der Waals surface area contributed by atoms with Crippen molar-refractivity contribution in [1.29, 1.82) is 0 Å². The fourth-order valence-electron chi connectivity index (χ4n) is 2.62. The van der Waals surface area contributed by atoms with Crippen LogP contribution < -0.4 is 0 Å². The molecule has 2 rings (SSSR count). The number of ketones is 1. The minimum Gasteiger partial charge on any atom is -0.507 e. The van der Waals surface area contributed by atoms with Crippen molar-refractivity contribution in [2.75, 3.05) is 0 Å². The second-order valence-electron chi connectivity index (χ2n) is 6.83. The fraction of sp³-hybridized carbons (Fsp3) is 0.400. The molecule has 0 saturated carbocycles. The first-order chi connectivity index (χ1) is 12.5. The number of phenolic OH excluding ortho intramolecular Hbond substituents is 1. The van der Waals surface area contributed by atoms with Crippen LogP contribution in [0.3, 0.4) is 0 Å². The van der Waals surface area contributed by atoms with Crippen LogP contribution in [0.4, 0.5) is 4.39 Å². The molecule has 7 heteroatoms. The minimum atomic E-state index is -2.21. The van der Waals surface area contributed by atoms with Gasteiger partial charge in [-0.05, 0) is 56.5 Å². The lowest BCUT2D eigenvalue weighted by Crippen LogP contribution is -2.36. The molecule has 1 heterocycles. The van der Waals surface area contributed by atoms with Gasteiger partial charge in [0.15, 0.2) is 11.5 Å². The van der Waals surface area contributed by atoms with Gasteiger partial charge in [0.2, 0.25) is 0 Å². The van der Waals surface area contributed by atoms with E-state index in [0.29, 0.717) is 11.1 Å². The van der Waals surface area contributed by atoms with Crippen LogP contribution in [0.2, 0.25) is 0 Å². The number of carbonyl (C=O) groups is 2. The molecule has 0 bridgehead atoms. The Morgan fingerprint density at radius 1 is 1.22 bits per heavy atom. The lowest BCUT2D eigenvalue weighted by atomic mass is 9.97. The molecule has 146 valence electrons. The van der Waals surface area contributed by atoms with Crippen molar-refractivity contribution in [2.24, 2.45) is 0 Å². The topological polar surface area (TPSA) is 104 Å². The molecule has 0 saturated heterocycles. The molecule has 27 heavy (non-hydrogen) atoms. The van der Waals surface area contributed by atoms with Crippen LogP contribution in [0.25, 0.3) is 6.08 Å². The fourth-order valence-corrected chi connectivity index (χ4v) is 2.62. The van der Waals surface area contributed by atoms with Gasteiger partial charge in [-0.2, -0.15) is 0 Å². The third kappa shape index (κ3) is 4.81. The average molecular weight is 378 g/mol. The summed E-state index contributed by atoms with van der Waals surface area (Å²) in [6.07, 6.45) is 0.133. The van der Waals surface area contributed by atoms with Crippen molar-refractivity contribution < 1.29 is 34.0 Å². The van der Waals surface area contributed by atoms with Crippen molar-refractivity contribution in [3.63, 3.8) is 0 Å².